The maximum absolute atomic E-state index is 11.6. The van der Waals surface area contributed by atoms with Gasteiger partial charge in [-0.25, -0.2) is 4.98 Å². The SMILES string of the molecule is [O-][n+]1nc2ccccc2c2ncccc21. The molecule has 2 heterocycles. The predicted octanol–water partition coefficient (Wildman–Crippen LogP) is 1.42. The normalized spacial score (nSPS) is 10.9. The fourth-order valence-electron chi connectivity index (χ4n) is 1.67. The second kappa shape index (κ2) is 2.88. The van der Waals surface area contributed by atoms with Crippen molar-refractivity contribution >= 4 is 21.9 Å². The number of hydrogen-bond donors (Lipinski definition) is 0. The number of benzene rings is 1. The van der Waals surface area contributed by atoms with E-state index in [0.29, 0.717) is 21.4 Å². The van der Waals surface area contributed by atoms with Crippen molar-refractivity contribution in [1.82, 2.24) is 10.1 Å². The van der Waals surface area contributed by atoms with E-state index in [1.165, 1.54) is 0 Å². The third-order valence-electron chi connectivity index (χ3n) is 2.35. The summed E-state index contributed by atoms with van der Waals surface area (Å²) in [5, 5.41) is 16.4. The third-order valence-corrected chi connectivity index (χ3v) is 2.35. The van der Waals surface area contributed by atoms with Crippen molar-refractivity contribution in [1.29, 1.82) is 0 Å². The lowest BCUT2D eigenvalue weighted by molar-refractivity contribution is -0.640. The van der Waals surface area contributed by atoms with Crippen molar-refractivity contribution < 1.29 is 4.85 Å². The fourth-order valence-corrected chi connectivity index (χ4v) is 1.67. The van der Waals surface area contributed by atoms with E-state index in [1.54, 1.807) is 24.4 Å². The molecule has 0 saturated heterocycles. The molecule has 0 bridgehead atoms. The average molecular weight is 197 g/mol. The molecule has 4 heteroatoms. The van der Waals surface area contributed by atoms with Gasteiger partial charge in [0.25, 0.3) is 5.52 Å². The Bertz CT molecular complexity index is 651. The quantitative estimate of drug-likeness (QED) is 0.311. The second-order valence-electron chi connectivity index (χ2n) is 3.26. The molecule has 3 rings (SSSR count). The Morgan fingerprint density at radius 3 is 2.87 bits per heavy atom. The number of fused-ring (bicyclic) bond motifs is 3. The molecule has 0 spiro atoms. The first-order valence-electron chi connectivity index (χ1n) is 4.59. The standard InChI is InChI=1S/C11H7N3O/c15-14-10-6-3-7-12-11(10)8-4-1-2-5-9(8)13-14/h1-7H. The number of aromatic nitrogens is 3. The smallest absolute Gasteiger partial charge is 0.271 e. The summed E-state index contributed by atoms with van der Waals surface area (Å²) in [6.45, 7) is 0. The van der Waals surface area contributed by atoms with E-state index in [9.17, 15) is 5.21 Å². The molecule has 72 valence electrons. The van der Waals surface area contributed by atoms with Gasteiger partial charge in [-0.2, -0.15) is 0 Å². The summed E-state index contributed by atoms with van der Waals surface area (Å²) in [4.78, 5) is 4.83. The first-order chi connectivity index (χ1) is 7.36. The van der Waals surface area contributed by atoms with Crippen LogP contribution in [0.1, 0.15) is 0 Å². The molecular weight excluding hydrogens is 190 g/mol. The lowest BCUT2D eigenvalue weighted by atomic mass is 10.2. The summed E-state index contributed by atoms with van der Waals surface area (Å²) in [5.74, 6) is 0. The summed E-state index contributed by atoms with van der Waals surface area (Å²) >= 11 is 0. The number of rotatable bonds is 0. The fraction of sp³-hybridized carbons (Fsp3) is 0. The van der Waals surface area contributed by atoms with Crippen LogP contribution < -0.4 is 4.85 Å². The van der Waals surface area contributed by atoms with Crippen molar-refractivity contribution in [2.24, 2.45) is 0 Å². The highest BCUT2D eigenvalue weighted by molar-refractivity contribution is 5.99. The molecule has 0 amide bonds. The Kier molecular flexibility index (Phi) is 1.56. The Labute approximate surface area is 85.4 Å². The van der Waals surface area contributed by atoms with E-state index in [2.05, 4.69) is 10.1 Å². The Morgan fingerprint density at radius 1 is 1.07 bits per heavy atom. The monoisotopic (exact) mass is 197 g/mol. The van der Waals surface area contributed by atoms with Crippen LogP contribution in [0.2, 0.25) is 0 Å². The van der Waals surface area contributed by atoms with Crippen LogP contribution in [0, 0.1) is 5.21 Å². The van der Waals surface area contributed by atoms with E-state index in [4.69, 9.17) is 0 Å². The van der Waals surface area contributed by atoms with Gasteiger partial charge in [0.15, 0.2) is 0 Å². The maximum atomic E-state index is 11.6. The molecule has 0 aliphatic carbocycles. The Balaban J connectivity index is 2.64. The average Bonchev–Trinajstić information content (AvgIpc) is 2.30. The molecule has 0 aliphatic rings. The van der Waals surface area contributed by atoms with E-state index in [0.717, 1.165) is 5.39 Å². The van der Waals surface area contributed by atoms with E-state index in [-0.39, 0.29) is 0 Å². The van der Waals surface area contributed by atoms with Gasteiger partial charge >= 0.3 is 0 Å². The van der Waals surface area contributed by atoms with Gasteiger partial charge in [-0.05, 0) is 17.0 Å². The zero-order valence-corrected chi connectivity index (χ0v) is 7.79. The highest BCUT2D eigenvalue weighted by atomic mass is 16.5. The predicted molar refractivity (Wildman–Crippen MR) is 56.0 cm³/mol. The Morgan fingerprint density at radius 2 is 1.93 bits per heavy atom. The van der Waals surface area contributed by atoms with Gasteiger partial charge in [0.2, 0.25) is 0 Å². The molecule has 1 aromatic carbocycles. The van der Waals surface area contributed by atoms with Crippen LogP contribution in [0.5, 0.6) is 0 Å². The molecule has 4 nitrogen and oxygen atoms in total. The zero-order valence-electron chi connectivity index (χ0n) is 7.79. The topological polar surface area (TPSA) is 52.7 Å². The van der Waals surface area contributed by atoms with Gasteiger partial charge in [0.1, 0.15) is 11.0 Å². The highest BCUT2D eigenvalue weighted by Crippen LogP contribution is 2.17. The molecule has 0 atom stereocenters. The van der Waals surface area contributed by atoms with E-state index in [1.807, 2.05) is 18.2 Å². The minimum absolute atomic E-state index is 0.496. The lowest BCUT2D eigenvalue weighted by Crippen LogP contribution is -2.31. The van der Waals surface area contributed by atoms with Crippen molar-refractivity contribution in [3.05, 3.63) is 47.8 Å². The van der Waals surface area contributed by atoms with Crippen LogP contribution in [0.3, 0.4) is 0 Å². The van der Waals surface area contributed by atoms with Crippen LogP contribution in [0.15, 0.2) is 42.6 Å². The van der Waals surface area contributed by atoms with E-state index >= 15 is 0 Å². The molecule has 0 unspecified atom stereocenters. The molecule has 0 aliphatic heterocycles. The summed E-state index contributed by atoms with van der Waals surface area (Å²) in [5.41, 5.74) is 1.85. The summed E-state index contributed by atoms with van der Waals surface area (Å²) in [6.07, 6.45) is 1.68. The molecule has 2 aromatic heterocycles. The van der Waals surface area contributed by atoms with Crippen LogP contribution in [-0.4, -0.2) is 10.1 Å². The van der Waals surface area contributed by atoms with Crippen molar-refractivity contribution in [3.63, 3.8) is 0 Å². The van der Waals surface area contributed by atoms with Gasteiger partial charge < -0.3 is 5.21 Å². The number of hydrogen-bond acceptors (Lipinski definition) is 3. The third kappa shape index (κ3) is 1.11. The first kappa shape index (κ1) is 8.11. The Hall–Kier alpha value is -2.23. The molecule has 15 heavy (non-hydrogen) atoms. The highest BCUT2D eigenvalue weighted by Gasteiger charge is 2.10. The summed E-state index contributed by atoms with van der Waals surface area (Å²) in [7, 11) is 0. The van der Waals surface area contributed by atoms with Gasteiger partial charge in [0.05, 0.1) is 0 Å². The largest absolute Gasteiger partial charge is 0.594 e. The van der Waals surface area contributed by atoms with Crippen molar-refractivity contribution in [2.75, 3.05) is 0 Å². The maximum Gasteiger partial charge on any atom is 0.271 e. The van der Waals surface area contributed by atoms with Crippen LogP contribution in [0.4, 0.5) is 0 Å². The number of nitrogens with zero attached hydrogens (tertiary/aromatic N) is 3. The van der Waals surface area contributed by atoms with Crippen LogP contribution in [-0.2, 0) is 0 Å². The number of pyridine rings is 1. The van der Waals surface area contributed by atoms with Crippen molar-refractivity contribution in [3.8, 4) is 0 Å². The van der Waals surface area contributed by atoms with Gasteiger partial charge in [-0.3, -0.25) is 0 Å². The molecule has 3 aromatic rings. The van der Waals surface area contributed by atoms with Crippen LogP contribution >= 0.6 is 0 Å². The van der Waals surface area contributed by atoms with Gasteiger partial charge in [-0.1, -0.05) is 18.2 Å². The summed E-state index contributed by atoms with van der Waals surface area (Å²) in [6, 6.07) is 10.9. The molecule has 0 fully saturated rings. The van der Waals surface area contributed by atoms with Crippen molar-refractivity contribution in [2.45, 2.75) is 0 Å². The molecule has 0 radical (unpaired) electrons. The lowest BCUT2D eigenvalue weighted by Gasteiger charge is -2.01. The second-order valence-corrected chi connectivity index (χ2v) is 3.26. The minimum Gasteiger partial charge on any atom is -0.594 e. The minimum atomic E-state index is 0.496. The molecule has 0 saturated carbocycles. The molecule has 0 N–H and O–H groups in total. The van der Waals surface area contributed by atoms with Crippen LogP contribution in [0.25, 0.3) is 21.9 Å². The van der Waals surface area contributed by atoms with Gasteiger partial charge in [-0.15, -0.1) is 0 Å². The first-order valence-corrected chi connectivity index (χ1v) is 4.59. The zero-order chi connectivity index (χ0) is 10.3. The van der Waals surface area contributed by atoms with E-state index < -0.39 is 0 Å². The van der Waals surface area contributed by atoms with Gasteiger partial charge in [0, 0.05) is 22.7 Å². The molecular formula is C11H7N3O. The summed E-state index contributed by atoms with van der Waals surface area (Å²) < 4.78 is 0.